The van der Waals surface area contributed by atoms with Crippen molar-refractivity contribution < 1.29 is 0 Å². The molecule has 1 aromatic rings. The number of aromatic nitrogens is 1. The van der Waals surface area contributed by atoms with Crippen LogP contribution in [-0.4, -0.2) is 29.7 Å². The number of pyridine rings is 1. The fourth-order valence-electron chi connectivity index (χ4n) is 3.70. The van der Waals surface area contributed by atoms with Crippen LogP contribution in [0.1, 0.15) is 38.2 Å². The lowest BCUT2D eigenvalue weighted by atomic mass is 9.97. The number of fused-ring (bicyclic) bond motifs is 2. The first-order chi connectivity index (χ1) is 8.78. The summed E-state index contributed by atoms with van der Waals surface area (Å²) < 4.78 is 0. The number of piperidine rings is 1. The second-order valence-corrected chi connectivity index (χ2v) is 5.71. The molecule has 98 valence electrons. The Balaban J connectivity index is 1.82. The Hall–Kier alpha value is -1.09. The lowest BCUT2D eigenvalue weighted by molar-refractivity contribution is 0.349. The Morgan fingerprint density at radius 2 is 2.06 bits per heavy atom. The van der Waals surface area contributed by atoms with Gasteiger partial charge in [0.2, 0.25) is 0 Å². The molecule has 1 aromatic heterocycles. The molecule has 3 nitrogen and oxygen atoms in total. The van der Waals surface area contributed by atoms with Crippen molar-refractivity contribution in [3.63, 3.8) is 0 Å². The number of hydrogen-bond acceptors (Lipinski definition) is 3. The van der Waals surface area contributed by atoms with Crippen LogP contribution in [-0.2, 0) is 0 Å². The zero-order valence-corrected chi connectivity index (χ0v) is 11.4. The molecule has 18 heavy (non-hydrogen) atoms. The molecule has 1 N–H and O–H groups in total. The van der Waals surface area contributed by atoms with Crippen molar-refractivity contribution in [1.29, 1.82) is 0 Å². The molecular weight excluding hydrogens is 222 g/mol. The van der Waals surface area contributed by atoms with Crippen LogP contribution in [0.15, 0.2) is 18.5 Å². The molecule has 0 aliphatic carbocycles. The number of nitrogens with zero attached hydrogens (tertiary/aromatic N) is 2. The molecule has 2 bridgehead atoms. The summed E-state index contributed by atoms with van der Waals surface area (Å²) in [6.07, 6.45) is 9.23. The Labute approximate surface area is 110 Å². The highest BCUT2D eigenvalue weighted by molar-refractivity contribution is 5.52. The quantitative estimate of drug-likeness (QED) is 0.887. The van der Waals surface area contributed by atoms with Gasteiger partial charge in [0.1, 0.15) is 0 Å². The molecule has 0 spiro atoms. The van der Waals surface area contributed by atoms with E-state index in [1.165, 1.54) is 36.9 Å². The summed E-state index contributed by atoms with van der Waals surface area (Å²) in [4.78, 5) is 6.80. The van der Waals surface area contributed by atoms with E-state index < -0.39 is 0 Å². The first-order valence-electron chi connectivity index (χ1n) is 7.21. The average molecular weight is 245 g/mol. The maximum absolute atomic E-state index is 4.21. The van der Waals surface area contributed by atoms with E-state index >= 15 is 0 Å². The topological polar surface area (TPSA) is 28.2 Å². The summed E-state index contributed by atoms with van der Waals surface area (Å²) in [5.41, 5.74) is 2.67. The van der Waals surface area contributed by atoms with Gasteiger partial charge in [-0.25, -0.2) is 0 Å². The summed E-state index contributed by atoms with van der Waals surface area (Å²) in [5.74, 6) is 0. The van der Waals surface area contributed by atoms with Crippen molar-refractivity contribution in [2.45, 2.75) is 57.7 Å². The molecule has 0 amide bonds. The Morgan fingerprint density at radius 3 is 2.67 bits per heavy atom. The largest absolute Gasteiger partial charge is 0.368 e. The number of nitrogens with one attached hydrogen (secondary N) is 1. The Bertz CT molecular complexity index is 406. The number of anilines is 1. The van der Waals surface area contributed by atoms with Gasteiger partial charge in [-0.2, -0.15) is 0 Å². The van der Waals surface area contributed by atoms with Crippen molar-refractivity contribution in [3.8, 4) is 0 Å². The van der Waals surface area contributed by atoms with Crippen LogP contribution in [0, 0.1) is 6.92 Å². The lowest BCUT2D eigenvalue weighted by Gasteiger charge is -2.39. The van der Waals surface area contributed by atoms with E-state index in [-0.39, 0.29) is 0 Å². The molecule has 2 fully saturated rings. The molecule has 2 unspecified atom stereocenters. The molecular formula is C15H23N3. The standard InChI is InChI=1S/C15H23N3/c1-3-18(15-6-7-16-10-11(15)2)14-8-12-4-5-13(9-14)17-12/h6-7,10,12-14,17H,3-5,8-9H2,1-2H3. The Morgan fingerprint density at radius 1 is 1.33 bits per heavy atom. The lowest BCUT2D eigenvalue weighted by Crippen LogP contribution is -2.48. The predicted octanol–water partition coefficient (Wildman–Crippen LogP) is 2.50. The fraction of sp³-hybridized carbons (Fsp3) is 0.667. The minimum absolute atomic E-state index is 0.704. The minimum atomic E-state index is 0.704. The first-order valence-corrected chi connectivity index (χ1v) is 7.21. The second kappa shape index (κ2) is 4.88. The van der Waals surface area contributed by atoms with Crippen molar-refractivity contribution in [3.05, 3.63) is 24.0 Å². The highest BCUT2D eigenvalue weighted by Gasteiger charge is 2.35. The molecule has 2 atom stereocenters. The van der Waals surface area contributed by atoms with Crippen molar-refractivity contribution in [1.82, 2.24) is 10.3 Å². The van der Waals surface area contributed by atoms with Gasteiger partial charge < -0.3 is 10.2 Å². The summed E-state index contributed by atoms with van der Waals surface area (Å²) >= 11 is 0. The van der Waals surface area contributed by atoms with Gasteiger partial charge in [0.25, 0.3) is 0 Å². The highest BCUT2D eigenvalue weighted by Crippen LogP contribution is 2.32. The number of aryl methyl sites for hydroxylation is 1. The van der Waals surface area contributed by atoms with Gasteiger partial charge in [-0.1, -0.05) is 0 Å². The van der Waals surface area contributed by atoms with Gasteiger partial charge in [-0.05, 0) is 51.2 Å². The van der Waals surface area contributed by atoms with Gasteiger partial charge in [0, 0.05) is 42.8 Å². The van der Waals surface area contributed by atoms with E-state index in [2.05, 4.69) is 35.1 Å². The monoisotopic (exact) mass is 245 g/mol. The SMILES string of the molecule is CCN(c1ccncc1C)C1CC2CCC(C1)N2. The van der Waals surface area contributed by atoms with Crippen LogP contribution in [0.25, 0.3) is 0 Å². The van der Waals surface area contributed by atoms with Crippen LogP contribution in [0.2, 0.25) is 0 Å². The van der Waals surface area contributed by atoms with Gasteiger partial charge >= 0.3 is 0 Å². The molecule has 3 rings (SSSR count). The normalized spacial score (nSPS) is 30.4. The van der Waals surface area contributed by atoms with Crippen LogP contribution in [0.3, 0.4) is 0 Å². The third kappa shape index (κ3) is 2.12. The van der Waals surface area contributed by atoms with Gasteiger partial charge in [0.15, 0.2) is 0 Å². The smallest absolute Gasteiger partial charge is 0.0429 e. The van der Waals surface area contributed by atoms with E-state index in [9.17, 15) is 0 Å². The van der Waals surface area contributed by atoms with Crippen LogP contribution >= 0.6 is 0 Å². The van der Waals surface area contributed by atoms with E-state index in [1.54, 1.807) is 0 Å². The van der Waals surface area contributed by atoms with Crippen molar-refractivity contribution in [2.24, 2.45) is 0 Å². The molecule has 2 aliphatic rings. The Kier molecular flexibility index (Phi) is 3.25. The van der Waals surface area contributed by atoms with Crippen molar-refractivity contribution >= 4 is 5.69 Å². The predicted molar refractivity (Wildman–Crippen MR) is 75.0 cm³/mol. The third-order valence-corrected chi connectivity index (χ3v) is 4.53. The zero-order chi connectivity index (χ0) is 12.5. The van der Waals surface area contributed by atoms with Gasteiger partial charge in [0.05, 0.1) is 0 Å². The molecule has 0 radical (unpaired) electrons. The summed E-state index contributed by atoms with van der Waals surface area (Å²) in [6, 6.07) is 4.38. The molecule has 0 saturated carbocycles. The zero-order valence-electron chi connectivity index (χ0n) is 11.4. The average Bonchev–Trinajstić information content (AvgIpc) is 2.72. The van der Waals surface area contributed by atoms with E-state index in [4.69, 9.17) is 0 Å². The number of hydrogen-bond donors (Lipinski definition) is 1. The van der Waals surface area contributed by atoms with Crippen LogP contribution in [0.4, 0.5) is 5.69 Å². The summed E-state index contributed by atoms with van der Waals surface area (Å²) in [7, 11) is 0. The number of rotatable bonds is 3. The molecule has 2 saturated heterocycles. The van der Waals surface area contributed by atoms with Crippen LogP contribution < -0.4 is 10.2 Å². The molecule has 3 heteroatoms. The van der Waals surface area contributed by atoms with E-state index in [1.807, 2.05) is 12.4 Å². The minimum Gasteiger partial charge on any atom is -0.368 e. The molecule has 3 heterocycles. The highest BCUT2D eigenvalue weighted by atomic mass is 15.2. The van der Waals surface area contributed by atoms with Gasteiger partial charge in [-0.15, -0.1) is 0 Å². The van der Waals surface area contributed by atoms with E-state index in [0.29, 0.717) is 6.04 Å². The summed E-state index contributed by atoms with van der Waals surface area (Å²) in [6.45, 7) is 5.53. The van der Waals surface area contributed by atoms with Crippen LogP contribution in [0.5, 0.6) is 0 Å². The van der Waals surface area contributed by atoms with Crippen molar-refractivity contribution in [2.75, 3.05) is 11.4 Å². The first kappa shape index (κ1) is 12.0. The second-order valence-electron chi connectivity index (χ2n) is 5.71. The molecule has 0 aromatic carbocycles. The summed E-state index contributed by atoms with van der Waals surface area (Å²) in [5, 5.41) is 3.73. The van der Waals surface area contributed by atoms with Gasteiger partial charge in [-0.3, -0.25) is 4.98 Å². The van der Waals surface area contributed by atoms with E-state index in [0.717, 1.165) is 18.6 Å². The maximum atomic E-state index is 4.21. The molecule has 2 aliphatic heterocycles. The third-order valence-electron chi connectivity index (χ3n) is 4.53. The fourth-order valence-corrected chi connectivity index (χ4v) is 3.70. The maximum Gasteiger partial charge on any atom is 0.0429 e.